The van der Waals surface area contributed by atoms with Crippen LogP contribution >= 0.6 is 0 Å². The highest BCUT2D eigenvalue weighted by Crippen LogP contribution is 2.28. The summed E-state index contributed by atoms with van der Waals surface area (Å²) in [5.74, 6) is -0.114. The van der Waals surface area contributed by atoms with E-state index in [2.05, 4.69) is 27.5 Å². The summed E-state index contributed by atoms with van der Waals surface area (Å²) in [6.45, 7) is 6.23. The molecule has 4 aromatic rings. The Balaban J connectivity index is 1.37. The first-order chi connectivity index (χ1) is 20.9. The predicted octanol–water partition coefficient (Wildman–Crippen LogP) is 4.96. The van der Waals surface area contributed by atoms with Crippen LogP contribution in [0, 0.1) is 6.92 Å². The van der Waals surface area contributed by atoms with Crippen LogP contribution in [0.4, 0.5) is 17.2 Å². The number of nitrogens with zero attached hydrogens (tertiary/aromatic N) is 4. The Kier molecular flexibility index (Phi) is 9.26. The number of rotatable bonds is 9. The number of hydrogen-bond donors (Lipinski definition) is 2. The lowest BCUT2D eigenvalue weighted by Gasteiger charge is -2.26. The number of pyridine rings is 1. The maximum Gasteiger partial charge on any atom is 0.293 e. The van der Waals surface area contributed by atoms with Crippen LogP contribution in [0.15, 0.2) is 71.8 Å². The first-order valence-corrected chi connectivity index (χ1v) is 14.5. The molecule has 1 aliphatic heterocycles. The summed E-state index contributed by atoms with van der Waals surface area (Å²) in [6, 6.07) is 16.2. The van der Waals surface area contributed by atoms with Crippen molar-refractivity contribution < 1.29 is 14.3 Å². The van der Waals surface area contributed by atoms with E-state index in [1.807, 2.05) is 25.1 Å². The van der Waals surface area contributed by atoms with Gasteiger partial charge in [0.25, 0.3) is 17.4 Å². The number of ether oxygens (including phenoxy) is 1. The third-order valence-electron chi connectivity index (χ3n) is 7.52. The number of anilines is 3. The van der Waals surface area contributed by atoms with E-state index >= 15 is 0 Å². The lowest BCUT2D eigenvalue weighted by atomic mass is 10.0. The lowest BCUT2D eigenvalue weighted by molar-refractivity contribution is 0.0303. The van der Waals surface area contributed by atoms with Gasteiger partial charge in [0.1, 0.15) is 0 Å². The van der Waals surface area contributed by atoms with Crippen LogP contribution in [-0.2, 0) is 18.2 Å². The summed E-state index contributed by atoms with van der Waals surface area (Å²) >= 11 is 0. The molecule has 2 aromatic heterocycles. The number of benzene rings is 2. The quantitative estimate of drug-likeness (QED) is 0.287. The summed E-state index contributed by atoms with van der Waals surface area (Å²) in [5.41, 5.74) is 5.07. The van der Waals surface area contributed by atoms with Gasteiger partial charge in [0.15, 0.2) is 5.82 Å². The van der Waals surface area contributed by atoms with Crippen LogP contribution in [0.3, 0.4) is 0 Å². The molecule has 222 valence electrons. The van der Waals surface area contributed by atoms with Crippen LogP contribution in [-0.4, -0.2) is 57.6 Å². The van der Waals surface area contributed by atoms with E-state index in [0.717, 1.165) is 36.1 Å². The monoisotopic (exact) mass is 580 g/mol. The number of aromatic nitrogens is 3. The molecule has 10 nitrogen and oxygen atoms in total. The van der Waals surface area contributed by atoms with E-state index in [4.69, 9.17) is 4.74 Å². The van der Waals surface area contributed by atoms with Gasteiger partial charge in [-0.3, -0.25) is 19.4 Å². The van der Waals surface area contributed by atoms with Gasteiger partial charge in [0, 0.05) is 55.0 Å². The van der Waals surface area contributed by atoms with Gasteiger partial charge in [-0.25, -0.2) is 4.98 Å². The summed E-state index contributed by atoms with van der Waals surface area (Å²) < 4.78 is 6.81. The lowest BCUT2D eigenvalue weighted by Crippen LogP contribution is -2.40. The number of carbonyl (C=O) groups excluding carboxylic acids is 2. The van der Waals surface area contributed by atoms with Gasteiger partial charge in [0.2, 0.25) is 0 Å². The van der Waals surface area contributed by atoms with Crippen molar-refractivity contribution in [2.24, 2.45) is 7.05 Å². The SMILES string of the molecule is CCCCc1ncccc1C(=O)Nc1cccc(-c2cn(C)c(=O)c(Nc3ccc(C(=O)N4CCOCC4)cc3)n2)c1C. The molecular formula is C33H36N6O4. The number of carbonyl (C=O) groups is 2. The summed E-state index contributed by atoms with van der Waals surface area (Å²) in [4.78, 5) is 49.9. The molecule has 1 fully saturated rings. The molecule has 0 aliphatic carbocycles. The third kappa shape index (κ3) is 6.81. The van der Waals surface area contributed by atoms with Gasteiger partial charge in [0.05, 0.1) is 30.2 Å². The highest BCUT2D eigenvalue weighted by atomic mass is 16.5. The molecule has 0 atom stereocenters. The van der Waals surface area contributed by atoms with Gasteiger partial charge in [-0.1, -0.05) is 25.5 Å². The summed E-state index contributed by atoms with van der Waals surface area (Å²) in [6.07, 6.45) is 6.10. The van der Waals surface area contributed by atoms with E-state index in [1.165, 1.54) is 4.57 Å². The fourth-order valence-corrected chi connectivity index (χ4v) is 5.03. The first-order valence-electron chi connectivity index (χ1n) is 14.5. The van der Waals surface area contributed by atoms with Crippen LogP contribution in [0.1, 0.15) is 51.7 Å². The number of morpholine rings is 1. The Morgan fingerprint density at radius 1 is 1.02 bits per heavy atom. The van der Waals surface area contributed by atoms with Crippen molar-refractivity contribution in [3.05, 3.63) is 99.7 Å². The molecule has 10 heteroatoms. The van der Waals surface area contributed by atoms with Gasteiger partial charge in [-0.15, -0.1) is 0 Å². The van der Waals surface area contributed by atoms with Crippen molar-refractivity contribution in [1.82, 2.24) is 19.4 Å². The number of hydrogen-bond acceptors (Lipinski definition) is 7. The predicted molar refractivity (Wildman–Crippen MR) is 167 cm³/mol. The van der Waals surface area contributed by atoms with Gasteiger partial charge in [-0.2, -0.15) is 0 Å². The van der Waals surface area contributed by atoms with Crippen molar-refractivity contribution >= 4 is 29.0 Å². The van der Waals surface area contributed by atoms with Gasteiger partial charge in [-0.05, 0) is 67.8 Å². The Labute approximate surface area is 250 Å². The molecular weight excluding hydrogens is 544 g/mol. The highest BCUT2D eigenvalue weighted by molar-refractivity contribution is 6.05. The molecule has 1 saturated heterocycles. The zero-order chi connectivity index (χ0) is 30.3. The highest BCUT2D eigenvalue weighted by Gasteiger charge is 2.19. The summed E-state index contributed by atoms with van der Waals surface area (Å²) in [5, 5.41) is 6.16. The van der Waals surface area contributed by atoms with E-state index < -0.39 is 0 Å². The number of unbranched alkanes of at least 4 members (excludes halogenated alkanes) is 1. The second kappa shape index (κ2) is 13.4. The largest absolute Gasteiger partial charge is 0.378 e. The Hall–Kier alpha value is -4.83. The Bertz CT molecular complexity index is 1680. The van der Waals surface area contributed by atoms with Crippen molar-refractivity contribution in [3.8, 4) is 11.3 Å². The minimum Gasteiger partial charge on any atom is -0.378 e. The maximum atomic E-state index is 13.3. The number of amides is 2. The van der Waals surface area contributed by atoms with E-state index in [1.54, 1.807) is 60.7 Å². The molecule has 43 heavy (non-hydrogen) atoms. The molecule has 0 saturated carbocycles. The fourth-order valence-electron chi connectivity index (χ4n) is 5.03. The molecule has 5 rings (SSSR count). The van der Waals surface area contributed by atoms with E-state index in [-0.39, 0.29) is 23.2 Å². The average Bonchev–Trinajstić information content (AvgIpc) is 3.03. The first kappa shape index (κ1) is 29.7. The molecule has 2 aromatic carbocycles. The van der Waals surface area contributed by atoms with E-state index in [9.17, 15) is 14.4 Å². The molecule has 2 amide bonds. The minimum atomic E-state index is -0.296. The molecule has 3 heterocycles. The third-order valence-corrected chi connectivity index (χ3v) is 7.52. The smallest absolute Gasteiger partial charge is 0.293 e. The number of aryl methyl sites for hydroxylation is 2. The fraction of sp³-hybridized carbons (Fsp3) is 0.303. The van der Waals surface area contributed by atoms with Crippen LogP contribution in [0.2, 0.25) is 0 Å². The summed E-state index contributed by atoms with van der Waals surface area (Å²) in [7, 11) is 1.67. The van der Waals surface area contributed by atoms with Gasteiger partial charge < -0.3 is 24.8 Å². The maximum absolute atomic E-state index is 13.3. The second-order valence-electron chi connectivity index (χ2n) is 10.5. The van der Waals surface area contributed by atoms with Crippen molar-refractivity contribution in [1.29, 1.82) is 0 Å². The van der Waals surface area contributed by atoms with Crippen molar-refractivity contribution in [2.45, 2.75) is 33.1 Å². The minimum absolute atomic E-state index is 0.0472. The average molecular weight is 581 g/mol. The zero-order valence-electron chi connectivity index (χ0n) is 24.7. The van der Waals surface area contributed by atoms with Crippen LogP contribution in [0.25, 0.3) is 11.3 Å². The standard InChI is InChI=1S/C33H36N6O4/c1-4-5-10-28-26(9-7-16-34-28)31(40)37-27-11-6-8-25(22(27)2)29-21-38(3)33(42)30(36-29)35-24-14-12-23(13-15-24)32(41)39-17-19-43-20-18-39/h6-9,11-16,21H,4-5,10,17-20H2,1-3H3,(H,35,36)(H,37,40). The van der Waals surface area contributed by atoms with Crippen molar-refractivity contribution in [2.75, 3.05) is 36.9 Å². The molecule has 0 bridgehead atoms. The Morgan fingerprint density at radius 2 is 1.79 bits per heavy atom. The Morgan fingerprint density at radius 3 is 2.53 bits per heavy atom. The zero-order valence-corrected chi connectivity index (χ0v) is 24.7. The molecule has 0 spiro atoms. The molecule has 0 radical (unpaired) electrons. The van der Waals surface area contributed by atoms with Crippen LogP contribution < -0.4 is 16.2 Å². The normalized spacial score (nSPS) is 13.0. The van der Waals surface area contributed by atoms with E-state index in [0.29, 0.717) is 54.5 Å². The van der Waals surface area contributed by atoms with Crippen molar-refractivity contribution in [3.63, 3.8) is 0 Å². The molecule has 0 unspecified atom stereocenters. The topological polar surface area (TPSA) is 118 Å². The second-order valence-corrected chi connectivity index (χ2v) is 10.5. The van der Waals surface area contributed by atoms with Gasteiger partial charge >= 0.3 is 0 Å². The molecule has 1 aliphatic rings. The van der Waals surface area contributed by atoms with Crippen LogP contribution in [0.5, 0.6) is 0 Å². The molecule has 2 N–H and O–H groups in total. The number of nitrogens with one attached hydrogen (secondary N) is 2.